The minimum atomic E-state index is -3.78. The average Bonchev–Trinajstić information content (AvgIpc) is 2.39. The maximum atomic E-state index is 12.8. The van der Waals surface area contributed by atoms with Crippen molar-refractivity contribution in [2.24, 2.45) is 0 Å². The van der Waals surface area contributed by atoms with Gasteiger partial charge in [0.25, 0.3) is 0 Å². The number of pyridine rings is 1. The molecule has 1 unspecified atom stereocenters. The van der Waals surface area contributed by atoms with Crippen molar-refractivity contribution in [2.45, 2.75) is 17.9 Å². The number of nitrogens with zero attached hydrogens (tertiary/aromatic N) is 1. The zero-order valence-electron chi connectivity index (χ0n) is 10.7. The van der Waals surface area contributed by atoms with Gasteiger partial charge < -0.3 is 5.73 Å². The summed E-state index contributed by atoms with van der Waals surface area (Å²) in [7, 11) is -3.78. The van der Waals surface area contributed by atoms with Crippen LogP contribution in [0.15, 0.2) is 47.5 Å². The highest BCUT2D eigenvalue weighted by atomic mass is 32.2. The Labute approximate surface area is 116 Å². The largest absolute Gasteiger partial charge is 0.383 e. The van der Waals surface area contributed by atoms with Crippen LogP contribution >= 0.6 is 0 Å². The van der Waals surface area contributed by atoms with Crippen molar-refractivity contribution in [3.8, 4) is 0 Å². The van der Waals surface area contributed by atoms with Gasteiger partial charge in [-0.3, -0.25) is 0 Å². The fraction of sp³-hybridized carbons (Fsp3) is 0.154. The normalized spacial score (nSPS) is 13.1. The zero-order chi connectivity index (χ0) is 14.8. The molecule has 5 nitrogen and oxygen atoms in total. The zero-order valence-corrected chi connectivity index (χ0v) is 11.6. The Hall–Kier alpha value is -1.99. The molecular formula is C13H14FN3O2S. The first-order valence-electron chi connectivity index (χ1n) is 5.88. The average molecular weight is 295 g/mol. The highest BCUT2D eigenvalue weighted by molar-refractivity contribution is 7.89. The molecule has 1 aromatic carbocycles. The Kier molecular flexibility index (Phi) is 4.01. The van der Waals surface area contributed by atoms with Crippen molar-refractivity contribution in [2.75, 3.05) is 5.73 Å². The number of nitrogen functional groups attached to an aromatic ring is 1. The van der Waals surface area contributed by atoms with E-state index in [1.807, 2.05) is 0 Å². The number of nitrogens with one attached hydrogen (secondary N) is 1. The molecule has 7 heteroatoms. The lowest BCUT2D eigenvalue weighted by molar-refractivity contribution is 0.566. The lowest BCUT2D eigenvalue weighted by atomic mass is 10.1. The summed E-state index contributed by atoms with van der Waals surface area (Å²) in [4.78, 5) is 3.67. The summed E-state index contributed by atoms with van der Waals surface area (Å²) < 4.78 is 39.7. The molecule has 1 heterocycles. The van der Waals surface area contributed by atoms with Gasteiger partial charge in [0.1, 0.15) is 16.5 Å². The fourth-order valence-corrected chi connectivity index (χ4v) is 3.06. The molecule has 0 aliphatic heterocycles. The van der Waals surface area contributed by atoms with Gasteiger partial charge in [-0.25, -0.2) is 22.5 Å². The van der Waals surface area contributed by atoms with Gasteiger partial charge in [0, 0.05) is 12.2 Å². The molecule has 0 saturated heterocycles. The molecule has 1 aromatic heterocycles. The number of hydrogen-bond donors (Lipinski definition) is 2. The van der Waals surface area contributed by atoms with Crippen LogP contribution in [0.4, 0.5) is 10.2 Å². The minimum Gasteiger partial charge on any atom is -0.383 e. The first-order valence-corrected chi connectivity index (χ1v) is 7.37. The minimum absolute atomic E-state index is 0.0636. The molecule has 0 bridgehead atoms. The van der Waals surface area contributed by atoms with Crippen LogP contribution in [0.25, 0.3) is 0 Å². The highest BCUT2D eigenvalue weighted by Gasteiger charge is 2.21. The number of sulfonamides is 1. The smallest absolute Gasteiger partial charge is 0.244 e. The first kappa shape index (κ1) is 14.4. The van der Waals surface area contributed by atoms with Gasteiger partial charge in [-0.2, -0.15) is 0 Å². The second kappa shape index (κ2) is 5.56. The lowest BCUT2D eigenvalue weighted by Gasteiger charge is -2.15. The van der Waals surface area contributed by atoms with Gasteiger partial charge in [0.05, 0.1) is 0 Å². The summed E-state index contributed by atoms with van der Waals surface area (Å²) in [5.41, 5.74) is 6.21. The van der Waals surface area contributed by atoms with E-state index in [9.17, 15) is 12.8 Å². The van der Waals surface area contributed by atoms with E-state index in [0.717, 1.165) is 0 Å². The number of halogens is 1. The van der Waals surface area contributed by atoms with E-state index in [1.54, 1.807) is 6.92 Å². The molecule has 0 amide bonds. The van der Waals surface area contributed by atoms with Gasteiger partial charge in [-0.1, -0.05) is 12.1 Å². The van der Waals surface area contributed by atoms with E-state index in [2.05, 4.69) is 9.71 Å². The van der Waals surface area contributed by atoms with Crippen molar-refractivity contribution < 1.29 is 12.8 Å². The van der Waals surface area contributed by atoms with E-state index in [-0.39, 0.29) is 16.5 Å². The third-order valence-corrected chi connectivity index (χ3v) is 4.38. The van der Waals surface area contributed by atoms with E-state index in [1.165, 1.54) is 42.6 Å². The lowest BCUT2D eigenvalue weighted by Crippen LogP contribution is -2.27. The quantitative estimate of drug-likeness (QED) is 0.901. The number of hydrogen-bond acceptors (Lipinski definition) is 4. The number of benzene rings is 1. The molecule has 2 aromatic rings. The fourth-order valence-electron chi connectivity index (χ4n) is 1.75. The van der Waals surface area contributed by atoms with Gasteiger partial charge in [-0.15, -0.1) is 0 Å². The van der Waals surface area contributed by atoms with Crippen LogP contribution in [-0.4, -0.2) is 13.4 Å². The summed E-state index contributed by atoms with van der Waals surface area (Å²) in [6.45, 7) is 1.66. The SMILES string of the molecule is CC(NS(=O)(=O)c1cccnc1N)c1ccc(F)cc1. The molecule has 2 rings (SSSR count). The second-order valence-electron chi connectivity index (χ2n) is 4.28. The molecule has 0 aliphatic carbocycles. The van der Waals surface area contributed by atoms with Crippen molar-refractivity contribution in [3.63, 3.8) is 0 Å². The molecule has 0 radical (unpaired) electrons. The van der Waals surface area contributed by atoms with Crippen molar-refractivity contribution in [1.82, 2.24) is 9.71 Å². The molecule has 1 atom stereocenters. The Bertz CT molecular complexity index is 702. The van der Waals surface area contributed by atoms with Gasteiger partial charge in [0.2, 0.25) is 10.0 Å². The van der Waals surface area contributed by atoms with Gasteiger partial charge in [-0.05, 0) is 36.8 Å². The van der Waals surface area contributed by atoms with Crippen LogP contribution < -0.4 is 10.5 Å². The van der Waals surface area contributed by atoms with Crippen LogP contribution in [0.5, 0.6) is 0 Å². The molecule has 20 heavy (non-hydrogen) atoms. The van der Waals surface area contributed by atoms with Gasteiger partial charge >= 0.3 is 0 Å². The van der Waals surface area contributed by atoms with E-state index >= 15 is 0 Å². The molecule has 3 N–H and O–H groups in total. The summed E-state index contributed by atoms with van der Waals surface area (Å²) >= 11 is 0. The van der Waals surface area contributed by atoms with Crippen LogP contribution in [0, 0.1) is 5.82 Å². The first-order chi connectivity index (χ1) is 9.40. The number of aromatic nitrogens is 1. The Morgan fingerprint density at radius 3 is 2.50 bits per heavy atom. The summed E-state index contributed by atoms with van der Waals surface area (Å²) in [5.74, 6) is -0.438. The topological polar surface area (TPSA) is 85.1 Å². The predicted molar refractivity (Wildman–Crippen MR) is 73.8 cm³/mol. The Morgan fingerprint density at radius 2 is 1.90 bits per heavy atom. The maximum absolute atomic E-state index is 12.8. The molecule has 0 spiro atoms. The number of anilines is 1. The third kappa shape index (κ3) is 3.12. The maximum Gasteiger partial charge on any atom is 0.244 e. The molecule has 0 fully saturated rings. The van der Waals surface area contributed by atoms with Crippen LogP contribution in [0.2, 0.25) is 0 Å². The van der Waals surface area contributed by atoms with E-state index < -0.39 is 16.1 Å². The number of nitrogens with two attached hydrogens (primary N) is 1. The number of rotatable bonds is 4. The molecular weight excluding hydrogens is 281 g/mol. The van der Waals surface area contributed by atoms with Crippen molar-refractivity contribution >= 4 is 15.8 Å². The Balaban J connectivity index is 2.24. The third-order valence-electron chi connectivity index (χ3n) is 2.79. The van der Waals surface area contributed by atoms with Gasteiger partial charge in [0.15, 0.2) is 0 Å². The van der Waals surface area contributed by atoms with Crippen LogP contribution in [0.1, 0.15) is 18.5 Å². The van der Waals surface area contributed by atoms with Crippen molar-refractivity contribution in [1.29, 1.82) is 0 Å². The second-order valence-corrected chi connectivity index (χ2v) is 5.96. The summed E-state index contributed by atoms with van der Waals surface area (Å²) in [6.07, 6.45) is 1.41. The molecule has 0 saturated carbocycles. The van der Waals surface area contributed by atoms with Crippen LogP contribution in [-0.2, 0) is 10.0 Å². The predicted octanol–water partition coefficient (Wildman–Crippen LogP) is 1.84. The summed E-state index contributed by atoms with van der Waals surface area (Å²) in [5, 5.41) is 0. The monoisotopic (exact) mass is 295 g/mol. The standard InChI is InChI=1S/C13H14FN3O2S/c1-9(10-4-6-11(14)7-5-10)17-20(18,19)12-3-2-8-16-13(12)15/h2-9,17H,1H3,(H2,15,16). The Morgan fingerprint density at radius 1 is 1.25 bits per heavy atom. The highest BCUT2D eigenvalue weighted by Crippen LogP contribution is 2.19. The molecule has 0 aliphatic rings. The van der Waals surface area contributed by atoms with E-state index in [4.69, 9.17) is 5.73 Å². The summed E-state index contributed by atoms with van der Waals surface area (Å²) in [6, 6.07) is 7.96. The van der Waals surface area contributed by atoms with Crippen molar-refractivity contribution in [3.05, 3.63) is 54.0 Å². The van der Waals surface area contributed by atoms with E-state index in [0.29, 0.717) is 5.56 Å². The van der Waals surface area contributed by atoms with Crippen LogP contribution in [0.3, 0.4) is 0 Å². The molecule has 106 valence electrons.